The molecule has 4 aliphatic rings. The van der Waals surface area contributed by atoms with Crippen molar-refractivity contribution in [1.82, 2.24) is 34.4 Å². The van der Waals surface area contributed by atoms with Crippen LogP contribution >= 0.6 is 0 Å². The van der Waals surface area contributed by atoms with Gasteiger partial charge in [0.2, 0.25) is 0 Å². The van der Waals surface area contributed by atoms with Crippen LogP contribution in [0.5, 0.6) is 0 Å². The number of benzene rings is 2. The van der Waals surface area contributed by atoms with E-state index in [2.05, 4.69) is 34.1 Å². The van der Waals surface area contributed by atoms with E-state index in [1.54, 1.807) is 15.9 Å². The summed E-state index contributed by atoms with van der Waals surface area (Å²) in [5, 5.41) is 3.03. The number of urea groups is 1. The number of anilines is 1. The van der Waals surface area contributed by atoms with Gasteiger partial charge in [0, 0.05) is 90.1 Å². The SMILES string of the molecule is CN(C)CCOC(=O)CCN1CCN(C)CC1.Cc1cc(C[C@@H](OC(=O)N2CCC(N3CCc4ccccc4NC3=O)CC2)C(=O)N2CCC(C)CC2)cc2oc(=O)[nH]c12. The number of esters is 1. The van der Waals surface area contributed by atoms with Crippen molar-refractivity contribution in [3.63, 3.8) is 0 Å². The van der Waals surface area contributed by atoms with E-state index in [9.17, 15) is 24.0 Å². The number of oxazole rings is 1. The lowest BCUT2D eigenvalue weighted by molar-refractivity contribution is -0.144. The van der Waals surface area contributed by atoms with E-state index in [1.807, 2.05) is 61.2 Å². The number of piperidine rings is 2. The summed E-state index contributed by atoms with van der Waals surface area (Å²) in [5.74, 6) is -0.273. The van der Waals surface area contributed by atoms with Gasteiger partial charge in [-0.1, -0.05) is 31.2 Å². The minimum absolute atomic E-state index is 0.0110. The van der Waals surface area contributed by atoms with Crippen molar-refractivity contribution < 1.29 is 33.1 Å². The molecule has 328 valence electrons. The molecule has 0 unspecified atom stereocenters. The first-order valence-electron chi connectivity index (χ1n) is 21.6. The van der Waals surface area contributed by atoms with Gasteiger partial charge in [-0.05, 0) is 94.9 Å². The number of nitrogens with one attached hydrogen (secondary N) is 2. The zero-order valence-electron chi connectivity index (χ0n) is 36.1. The number of fused-ring (bicyclic) bond motifs is 2. The van der Waals surface area contributed by atoms with Crippen molar-refractivity contribution in [2.75, 3.05) is 105 Å². The van der Waals surface area contributed by atoms with E-state index >= 15 is 0 Å². The number of para-hydroxylation sites is 1. The van der Waals surface area contributed by atoms with Crippen LogP contribution in [0.4, 0.5) is 15.3 Å². The van der Waals surface area contributed by atoms with E-state index in [4.69, 9.17) is 13.9 Å². The highest BCUT2D eigenvalue weighted by atomic mass is 16.6. The number of hydrogen-bond donors (Lipinski definition) is 2. The molecule has 0 saturated carbocycles. The van der Waals surface area contributed by atoms with Crippen molar-refractivity contribution in [1.29, 1.82) is 0 Å². The minimum Gasteiger partial charge on any atom is -0.464 e. The number of carbonyl (C=O) groups excluding carboxylic acids is 4. The predicted octanol–water partition coefficient (Wildman–Crippen LogP) is 4.02. The fourth-order valence-corrected chi connectivity index (χ4v) is 8.27. The van der Waals surface area contributed by atoms with Crippen LogP contribution in [0.15, 0.2) is 45.6 Å². The maximum absolute atomic E-state index is 13.7. The molecule has 3 aromatic rings. The van der Waals surface area contributed by atoms with Crippen LogP contribution in [0.2, 0.25) is 0 Å². The molecule has 0 radical (unpaired) electrons. The number of H-pyrrole nitrogens is 1. The highest BCUT2D eigenvalue weighted by Gasteiger charge is 2.35. The number of rotatable bonds is 11. The van der Waals surface area contributed by atoms with E-state index in [0.717, 1.165) is 80.9 Å². The molecule has 16 nitrogen and oxygen atoms in total. The second kappa shape index (κ2) is 21.0. The van der Waals surface area contributed by atoms with Crippen molar-refractivity contribution in [3.8, 4) is 0 Å². The molecule has 60 heavy (non-hydrogen) atoms. The molecule has 5 heterocycles. The molecule has 1 atom stereocenters. The van der Waals surface area contributed by atoms with Crippen molar-refractivity contribution in [3.05, 3.63) is 63.6 Å². The number of nitrogens with zero attached hydrogens (tertiary/aromatic N) is 6. The normalized spacial score (nSPS) is 19.0. The molecule has 0 bridgehead atoms. The molecule has 0 aliphatic carbocycles. The van der Waals surface area contributed by atoms with E-state index in [0.29, 0.717) is 75.6 Å². The first-order chi connectivity index (χ1) is 28.8. The highest BCUT2D eigenvalue weighted by Crippen LogP contribution is 2.26. The zero-order chi connectivity index (χ0) is 42.8. The third-order valence-corrected chi connectivity index (χ3v) is 12.2. The molecule has 2 N–H and O–H groups in total. The molecule has 3 saturated heterocycles. The lowest BCUT2D eigenvalue weighted by Gasteiger charge is -2.38. The third kappa shape index (κ3) is 12.3. The van der Waals surface area contributed by atoms with Gasteiger partial charge >= 0.3 is 23.8 Å². The Kier molecular flexibility index (Phi) is 15.6. The molecular formula is C44H64N8O8. The topological polar surface area (TPSA) is 164 Å². The number of piperazine rings is 1. The summed E-state index contributed by atoms with van der Waals surface area (Å²) in [7, 11) is 6.07. The fraction of sp³-hybridized carbons (Fsp3) is 0.614. The molecule has 0 spiro atoms. The number of hydrogen-bond acceptors (Lipinski definition) is 11. The van der Waals surface area contributed by atoms with Crippen molar-refractivity contribution in [2.45, 2.75) is 70.9 Å². The van der Waals surface area contributed by atoms with Crippen LogP contribution in [0.3, 0.4) is 0 Å². The van der Waals surface area contributed by atoms with E-state index in [1.165, 1.54) is 0 Å². The van der Waals surface area contributed by atoms with Crippen molar-refractivity contribution >= 4 is 40.8 Å². The third-order valence-electron chi connectivity index (χ3n) is 12.2. The summed E-state index contributed by atoms with van der Waals surface area (Å²) in [6.07, 6.45) is 3.01. The number of aromatic nitrogens is 1. The summed E-state index contributed by atoms with van der Waals surface area (Å²) in [6.45, 7) is 13.2. The summed E-state index contributed by atoms with van der Waals surface area (Å²) >= 11 is 0. The molecule has 4 aliphatic heterocycles. The van der Waals surface area contributed by atoms with Crippen LogP contribution in [0.1, 0.15) is 55.7 Å². The van der Waals surface area contributed by atoms with Crippen molar-refractivity contribution in [2.24, 2.45) is 5.92 Å². The number of amides is 4. The minimum atomic E-state index is -1.00. The standard InChI is InChI=1S/C32H39N5O6.C12H25N3O2/c1-20-7-12-35(13-8-20)29(38)27(19-22-17-21(2)28-26(18-22)42-31(40)34-28)43-32(41)36-14-10-24(11-15-36)37-16-9-23-5-3-4-6-25(23)33-30(37)39;1-13(2)10-11-17-12(16)4-5-15-8-6-14(3)7-9-15/h3-6,17-18,20,24,27H,7-16,19H2,1-2H3,(H,33,39)(H,34,40);4-11H2,1-3H3/t27-;/m1./s1. The smallest absolute Gasteiger partial charge is 0.417 e. The summed E-state index contributed by atoms with van der Waals surface area (Å²) in [6, 6.07) is 11.4. The van der Waals surface area contributed by atoms with Crippen LogP contribution < -0.4 is 11.1 Å². The Hall–Kier alpha value is -4.93. The number of carbonyl (C=O) groups is 4. The summed E-state index contributed by atoms with van der Waals surface area (Å²) in [5.41, 5.74) is 4.55. The molecule has 7 rings (SSSR count). The van der Waals surface area contributed by atoms with Gasteiger partial charge in [-0.15, -0.1) is 0 Å². The van der Waals surface area contributed by atoms with Gasteiger partial charge in [0.15, 0.2) is 11.7 Å². The molecular weight excluding hydrogens is 769 g/mol. The Morgan fingerprint density at radius 1 is 0.917 bits per heavy atom. The maximum Gasteiger partial charge on any atom is 0.417 e. The van der Waals surface area contributed by atoms with Crippen LogP contribution in [0, 0.1) is 12.8 Å². The Bertz CT molecular complexity index is 1980. The molecule has 16 heteroatoms. The van der Waals surface area contributed by atoms with Gasteiger partial charge in [0.25, 0.3) is 5.91 Å². The van der Waals surface area contributed by atoms with Crippen LogP contribution in [-0.4, -0.2) is 170 Å². The zero-order valence-corrected chi connectivity index (χ0v) is 36.1. The first kappa shape index (κ1) is 44.6. The summed E-state index contributed by atoms with van der Waals surface area (Å²) < 4.78 is 16.4. The van der Waals surface area contributed by atoms with Crippen LogP contribution in [0.25, 0.3) is 11.1 Å². The summed E-state index contributed by atoms with van der Waals surface area (Å²) in [4.78, 5) is 78.0. The highest BCUT2D eigenvalue weighted by molar-refractivity contribution is 5.91. The quantitative estimate of drug-likeness (QED) is 0.269. The molecule has 2 aromatic carbocycles. The number of ether oxygens (including phenoxy) is 2. The van der Waals surface area contributed by atoms with E-state index in [-0.39, 0.29) is 30.4 Å². The largest absolute Gasteiger partial charge is 0.464 e. The van der Waals surface area contributed by atoms with Gasteiger partial charge in [0.05, 0.1) is 11.9 Å². The second-order valence-electron chi connectivity index (χ2n) is 17.1. The number of likely N-dealkylation sites (tertiary alicyclic amines) is 2. The fourth-order valence-electron chi connectivity index (χ4n) is 8.27. The van der Waals surface area contributed by atoms with E-state index < -0.39 is 18.0 Å². The average molecular weight is 833 g/mol. The molecule has 3 fully saturated rings. The van der Waals surface area contributed by atoms with Gasteiger partial charge in [-0.3, -0.25) is 14.6 Å². The molecule has 4 amide bonds. The first-order valence-corrected chi connectivity index (χ1v) is 21.6. The predicted molar refractivity (Wildman–Crippen MR) is 229 cm³/mol. The number of likely N-dealkylation sites (N-methyl/N-ethyl adjacent to an activating group) is 2. The lowest BCUT2D eigenvalue weighted by atomic mass is 9.98. The van der Waals surface area contributed by atoms with Gasteiger partial charge in [0.1, 0.15) is 6.61 Å². The number of aryl methyl sites for hydroxylation is 1. The Morgan fingerprint density at radius 3 is 2.33 bits per heavy atom. The second-order valence-corrected chi connectivity index (χ2v) is 17.1. The van der Waals surface area contributed by atoms with Gasteiger partial charge < -0.3 is 48.6 Å². The van der Waals surface area contributed by atoms with Gasteiger partial charge in [-0.2, -0.15) is 0 Å². The number of aromatic amines is 1. The average Bonchev–Trinajstić information content (AvgIpc) is 3.53. The Morgan fingerprint density at radius 2 is 1.62 bits per heavy atom. The Labute approximate surface area is 353 Å². The monoisotopic (exact) mass is 832 g/mol. The van der Waals surface area contributed by atoms with Gasteiger partial charge in [-0.25, -0.2) is 14.4 Å². The Balaban J connectivity index is 0.000000299. The maximum atomic E-state index is 13.7. The molecule has 1 aromatic heterocycles. The lowest BCUT2D eigenvalue weighted by Crippen LogP contribution is -2.51. The van der Waals surface area contributed by atoms with Crippen LogP contribution in [-0.2, 0) is 31.9 Å².